The van der Waals surface area contributed by atoms with Gasteiger partial charge < -0.3 is 0 Å². The van der Waals surface area contributed by atoms with Gasteiger partial charge in [-0.1, -0.05) is 0 Å². The van der Waals surface area contributed by atoms with Gasteiger partial charge in [0.05, 0.1) is 0 Å². The minimum atomic E-state index is -2.04. The molecule has 0 aromatic heterocycles. The van der Waals surface area contributed by atoms with Crippen molar-refractivity contribution in [2.75, 3.05) is 11.9 Å². The fourth-order valence-corrected chi connectivity index (χ4v) is 17.9. The van der Waals surface area contributed by atoms with Gasteiger partial charge in [0, 0.05) is 0 Å². The number of hydrogen-bond donors (Lipinski definition) is 1. The molecular formula is C22H39NSn. The monoisotopic (exact) mass is 437 g/mol. The molecule has 2 heteroatoms. The van der Waals surface area contributed by atoms with Gasteiger partial charge >= 0.3 is 155 Å². The summed E-state index contributed by atoms with van der Waals surface area (Å²) in [5, 5.41) is 3.53. The van der Waals surface area contributed by atoms with Gasteiger partial charge in [0.2, 0.25) is 0 Å². The maximum absolute atomic E-state index is 3.53. The second-order valence-corrected chi connectivity index (χ2v) is 20.2. The Hall–Kier alpha value is -0.441. The predicted molar refractivity (Wildman–Crippen MR) is 114 cm³/mol. The first kappa shape index (κ1) is 21.6. The molecular weight excluding hydrogens is 397 g/mol. The van der Waals surface area contributed by atoms with Crippen molar-refractivity contribution in [3.63, 3.8) is 0 Å². The van der Waals surface area contributed by atoms with E-state index in [1.54, 1.807) is 13.3 Å². The van der Waals surface area contributed by atoms with Crippen LogP contribution in [0.4, 0.5) is 5.69 Å². The van der Waals surface area contributed by atoms with Gasteiger partial charge in [-0.25, -0.2) is 0 Å². The van der Waals surface area contributed by atoms with Crippen molar-refractivity contribution in [3.8, 4) is 0 Å². The van der Waals surface area contributed by atoms with E-state index in [-0.39, 0.29) is 0 Å². The molecule has 0 saturated heterocycles. The molecule has 24 heavy (non-hydrogen) atoms. The van der Waals surface area contributed by atoms with E-state index in [4.69, 9.17) is 0 Å². The summed E-state index contributed by atoms with van der Waals surface area (Å²) in [5.74, 6) is 0. The van der Waals surface area contributed by atoms with Crippen LogP contribution in [0.2, 0.25) is 13.3 Å². The number of nitrogens with one attached hydrogen (secondary N) is 1. The van der Waals surface area contributed by atoms with E-state index in [0.29, 0.717) is 0 Å². The predicted octanol–water partition coefficient (Wildman–Crippen LogP) is 7.43. The Morgan fingerprint density at radius 2 is 1.38 bits per heavy atom. The first-order valence-corrected chi connectivity index (χ1v) is 17.9. The third-order valence-electron chi connectivity index (χ3n) is 4.97. The molecule has 0 amide bonds. The van der Waals surface area contributed by atoms with Crippen molar-refractivity contribution >= 4 is 24.1 Å². The molecule has 0 saturated carbocycles. The third kappa shape index (κ3) is 9.15. The molecule has 0 heterocycles. The summed E-state index contributed by atoms with van der Waals surface area (Å²) in [4.78, 5) is 0. The second-order valence-electron chi connectivity index (χ2n) is 7.16. The number of benzene rings is 1. The van der Waals surface area contributed by atoms with Gasteiger partial charge in [-0.05, 0) is 0 Å². The summed E-state index contributed by atoms with van der Waals surface area (Å²) in [5.41, 5.74) is 1.24. The van der Waals surface area contributed by atoms with Crippen LogP contribution in [0.1, 0.15) is 65.7 Å². The molecule has 0 unspecified atom stereocenters. The van der Waals surface area contributed by atoms with E-state index < -0.39 is 18.4 Å². The van der Waals surface area contributed by atoms with Crippen molar-refractivity contribution in [3.05, 3.63) is 40.5 Å². The van der Waals surface area contributed by atoms with Crippen LogP contribution >= 0.6 is 0 Å². The van der Waals surface area contributed by atoms with Gasteiger partial charge in [-0.15, -0.1) is 0 Å². The van der Waals surface area contributed by atoms with Crippen molar-refractivity contribution < 1.29 is 0 Å². The third-order valence-corrected chi connectivity index (χ3v) is 19.2. The van der Waals surface area contributed by atoms with Crippen LogP contribution in [-0.4, -0.2) is 24.9 Å². The number of unbranched alkanes of at least 4 members (excludes halogenated alkanes) is 3. The summed E-state index contributed by atoms with van der Waals surface area (Å²) < 4.78 is 7.53. The summed E-state index contributed by atoms with van der Waals surface area (Å²) in [6.45, 7) is 8.11. The normalized spacial score (nSPS) is 12.0. The molecule has 0 atom stereocenters. The summed E-state index contributed by atoms with van der Waals surface area (Å²) in [7, 11) is 0. The first-order valence-electron chi connectivity index (χ1n) is 10.2. The molecule has 1 N–H and O–H groups in total. The van der Waals surface area contributed by atoms with E-state index in [9.17, 15) is 0 Å². The zero-order valence-electron chi connectivity index (χ0n) is 16.3. The average molecular weight is 436 g/mol. The topological polar surface area (TPSA) is 12.0 Å². The molecule has 1 aromatic carbocycles. The van der Waals surface area contributed by atoms with E-state index in [2.05, 4.69) is 66.6 Å². The Morgan fingerprint density at radius 1 is 0.833 bits per heavy atom. The molecule has 0 bridgehead atoms. The van der Waals surface area contributed by atoms with E-state index >= 15 is 0 Å². The number of hydrogen-bond acceptors (Lipinski definition) is 1. The summed E-state index contributed by atoms with van der Waals surface area (Å²) in [6, 6.07) is 10.6. The second kappa shape index (κ2) is 13.8. The van der Waals surface area contributed by atoms with E-state index in [1.165, 1.54) is 44.2 Å². The molecule has 0 aliphatic carbocycles. The molecule has 0 fully saturated rings. The average Bonchev–Trinajstić information content (AvgIpc) is 2.63. The standard InChI is InChI=1S/C10H12N.3C4H9.Sn/c1-2-3-9-11-10-7-5-4-6-8-10;3*1-3-4-2;/h1-2,4-8,11H,3,9H2;3*1,3-4H2,2H3;. The van der Waals surface area contributed by atoms with Crippen molar-refractivity contribution in [2.24, 2.45) is 0 Å². The van der Waals surface area contributed by atoms with E-state index in [0.717, 1.165) is 13.0 Å². The Labute approximate surface area is 155 Å². The zero-order valence-corrected chi connectivity index (χ0v) is 19.2. The Kier molecular flexibility index (Phi) is 12.4. The fraction of sp³-hybridized carbons (Fsp3) is 0.636. The van der Waals surface area contributed by atoms with Gasteiger partial charge in [-0.3, -0.25) is 0 Å². The Morgan fingerprint density at radius 3 is 1.88 bits per heavy atom. The fourth-order valence-electron chi connectivity index (χ4n) is 3.40. The van der Waals surface area contributed by atoms with Crippen LogP contribution < -0.4 is 5.32 Å². The Bertz CT molecular complexity index is 405. The number of rotatable bonds is 14. The van der Waals surface area contributed by atoms with Crippen LogP contribution in [0.3, 0.4) is 0 Å². The molecule has 0 spiro atoms. The van der Waals surface area contributed by atoms with Crippen molar-refractivity contribution in [1.82, 2.24) is 0 Å². The number of para-hydroxylation sites is 1. The molecule has 136 valence electrons. The van der Waals surface area contributed by atoms with Crippen LogP contribution in [0.15, 0.2) is 40.5 Å². The van der Waals surface area contributed by atoms with Gasteiger partial charge in [0.1, 0.15) is 0 Å². The minimum absolute atomic E-state index is 1.05. The van der Waals surface area contributed by atoms with Gasteiger partial charge in [0.15, 0.2) is 0 Å². The van der Waals surface area contributed by atoms with Crippen LogP contribution in [-0.2, 0) is 0 Å². The quantitative estimate of drug-likeness (QED) is 0.236. The van der Waals surface area contributed by atoms with Crippen LogP contribution in [0, 0.1) is 0 Å². The van der Waals surface area contributed by atoms with E-state index in [1.807, 2.05) is 0 Å². The molecule has 0 aliphatic heterocycles. The molecule has 1 nitrogen and oxygen atoms in total. The first-order chi connectivity index (χ1) is 11.8. The maximum atomic E-state index is 3.53. The van der Waals surface area contributed by atoms with Crippen molar-refractivity contribution in [1.29, 1.82) is 0 Å². The summed E-state index contributed by atoms with van der Waals surface area (Å²) >= 11 is -2.04. The zero-order chi connectivity index (χ0) is 17.5. The molecule has 0 aliphatic rings. The number of anilines is 1. The van der Waals surface area contributed by atoms with Gasteiger partial charge in [-0.2, -0.15) is 0 Å². The van der Waals surface area contributed by atoms with Crippen LogP contribution in [0.5, 0.6) is 0 Å². The Balaban J connectivity index is 2.55. The molecule has 0 radical (unpaired) electrons. The SMILES string of the molecule is CCC[CH2][Sn](/[CH]=C/CCNc1ccccc1)([CH2]CCC)[CH2]CCC. The van der Waals surface area contributed by atoms with Crippen molar-refractivity contribution in [2.45, 2.75) is 79.0 Å². The van der Waals surface area contributed by atoms with Crippen LogP contribution in [0.25, 0.3) is 0 Å². The molecule has 1 aromatic rings. The van der Waals surface area contributed by atoms with Gasteiger partial charge in [0.25, 0.3) is 0 Å². The molecule has 1 rings (SSSR count). The summed E-state index contributed by atoms with van der Waals surface area (Å²) in [6.07, 6.45) is 12.1.